The first-order valence-corrected chi connectivity index (χ1v) is 11.2. The lowest BCUT2D eigenvalue weighted by molar-refractivity contribution is -0.123. The molecule has 0 atom stereocenters. The molecule has 1 saturated heterocycles. The second-order valence-corrected chi connectivity index (χ2v) is 7.75. The van der Waals surface area contributed by atoms with Crippen LogP contribution in [0.3, 0.4) is 0 Å². The molecule has 0 saturated carbocycles. The van der Waals surface area contributed by atoms with E-state index >= 15 is 0 Å². The van der Waals surface area contributed by atoms with E-state index in [1.807, 2.05) is 48.2 Å². The van der Waals surface area contributed by atoms with E-state index in [2.05, 4.69) is 34.8 Å². The van der Waals surface area contributed by atoms with Gasteiger partial charge < -0.3 is 14.2 Å². The van der Waals surface area contributed by atoms with E-state index in [1.165, 1.54) is 10.8 Å². The number of carbonyl (C=O) groups is 1. The van der Waals surface area contributed by atoms with Crippen LogP contribution in [0, 0.1) is 0 Å². The SMILES string of the molecule is CCOc1cc(/C=N\NC(=O)CN2CCOCC2)ccc1OCc1cccc2ccccc12. The molecule has 3 aromatic carbocycles. The fourth-order valence-corrected chi connectivity index (χ4v) is 3.74. The van der Waals surface area contributed by atoms with Crippen molar-refractivity contribution < 1.29 is 19.0 Å². The van der Waals surface area contributed by atoms with Crippen molar-refractivity contribution in [2.75, 3.05) is 39.5 Å². The van der Waals surface area contributed by atoms with Crippen LogP contribution in [0.1, 0.15) is 18.1 Å². The van der Waals surface area contributed by atoms with E-state index < -0.39 is 0 Å². The highest BCUT2D eigenvalue weighted by molar-refractivity contribution is 5.86. The molecule has 1 aliphatic heterocycles. The summed E-state index contributed by atoms with van der Waals surface area (Å²) in [4.78, 5) is 14.1. The zero-order valence-corrected chi connectivity index (χ0v) is 18.8. The Morgan fingerprint density at radius 3 is 2.73 bits per heavy atom. The van der Waals surface area contributed by atoms with Crippen LogP contribution < -0.4 is 14.9 Å². The Balaban J connectivity index is 1.38. The minimum absolute atomic E-state index is 0.145. The lowest BCUT2D eigenvalue weighted by Crippen LogP contribution is -2.42. The molecule has 0 aliphatic carbocycles. The van der Waals surface area contributed by atoms with Crippen LogP contribution in [0.25, 0.3) is 10.8 Å². The number of nitrogens with zero attached hydrogens (tertiary/aromatic N) is 2. The van der Waals surface area contributed by atoms with E-state index in [1.54, 1.807) is 6.21 Å². The van der Waals surface area contributed by atoms with Crippen molar-refractivity contribution in [1.29, 1.82) is 0 Å². The Kier molecular flexibility index (Phi) is 7.90. The summed E-state index contributed by atoms with van der Waals surface area (Å²) in [5, 5.41) is 6.45. The molecule has 4 rings (SSSR count). The van der Waals surface area contributed by atoms with Gasteiger partial charge in [-0.25, -0.2) is 5.43 Å². The van der Waals surface area contributed by atoms with Gasteiger partial charge in [0.25, 0.3) is 5.91 Å². The molecular weight excluding hydrogens is 418 g/mol. The number of hydrogen-bond donors (Lipinski definition) is 1. The number of nitrogens with one attached hydrogen (secondary N) is 1. The van der Waals surface area contributed by atoms with Crippen LogP contribution in [-0.4, -0.2) is 56.5 Å². The van der Waals surface area contributed by atoms with Crippen LogP contribution >= 0.6 is 0 Å². The fraction of sp³-hybridized carbons (Fsp3) is 0.308. The smallest absolute Gasteiger partial charge is 0.254 e. The maximum Gasteiger partial charge on any atom is 0.254 e. The third-order valence-electron chi connectivity index (χ3n) is 5.40. The molecule has 0 spiro atoms. The zero-order valence-electron chi connectivity index (χ0n) is 18.8. The minimum atomic E-state index is -0.145. The van der Waals surface area contributed by atoms with Crippen molar-refractivity contribution in [2.45, 2.75) is 13.5 Å². The van der Waals surface area contributed by atoms with Gasteiger partial charge in [0.15, 0.2) is 11.5 Å². The lowest BCUT2D eigenvalue weighted by atomic mass is 10.1. The second kappa shape index (κ2) is 11.4. The maximum absolute atomic E-state index is 12.1. The molecule has 172 valence electrons. The predicted octanol–water partition coefficient (Wildman–Crippen LogP) is 3.60. The minimum Gasteiger partial charge on any atom is -0.490 e. The summed E-state index contributed by atoms with van der Waals surface area (Å²) in [7, 11) is 0. The Labute approximate surface area is 193 Å². The van der Waals surface area contributed by atoms with Crippen LogP contribution in [0.2, 0.25) is 0 Å². The lowest BCUT2D eigenvalue weighted by Gasteiger charge is -2.25. The number of amides is 1. The van der Waals surface area contributed by atoms with E-state index in [0.717, 1.165) is 24.2 Å². The average molecular weight is 448 g/mol. The topological polar surface area (TPSA) is 72.4 Å². The van der Waals surface area contributed by atoms with E-state index in [4.69, 9.17) is 14.2 Å². The van der Waals surface area contributed by atoms with Gasteiger partial charge in [0.2, 0.25) is 0 Å². The molecule has 1 N–H and O–H groups in total. The average Bonchev–Trinajstić information content (AvgIpc) is 2.84. The summed E-state index contributed by atoms with van der Waals surface area (Å²) in [5.41, 5.74) is 4.51. The van der Waals surface area contributed by atoms with E-state index in [0.29, 0.717) is 44.5 Å². The monoisotopic (exact) mass is 447 g/mol. The van der Waals surface area contributed by atoms with Gasteiger partial charge in [-0.15, -0.1) is 0 Å². The van der Waals surface area contributed by atoms with Gasteiger partial charge in [0.1, 0.15) is 6.61 Å². The van der Waals surface area contributed by atoms with Crippen molar-refractivity contribution >= 4 is 22.9 Å². The van der Waals surface area contributed by atoms with E-state index in [9.17, 15) is 4.79 Å². The first kappa shape index (κ1) is 22.8. The van der Waals surface area contributed by atoms with Gasteiger partial charge in [0, 0.05) is 13.1 Å². The largest absolute Gasteiger partial charge is 0.490 e. The summed E-state index contributed by atoms with van der Waals surface area (Å²) in [5.74, 6) is 1.16. The van der Waals surface area contributed by atoms with Crippen molar-refractivity contribution in [3.05, 3.63) is 71.8 Å². The van der Waals surface area contributed by atoms with Crippen LogP contribution in [0.5, 0.6) is 11.5 Å². The van der Waals surface area contributed by atoms with Gasteiger partial charge in [-0.2, -0.15) is 5.10 Å². The number of ether oxygens (including phenoxy) is 3. The molecule has 3 aromatic rings. The van der Waals surface area contributed by atoms with Gasteiger partial charge >= 0.3 is 0 Å². The van der Waals surface area contributed by atoms with Gasteiger partial charge in [-0.3, -0.25) is 9.69 Å². The van der Waals surface area contributed by atoms with E-state index in [-0.39, 0.29) is 5.91 Å². The normalized spacial score (nSPS) is 14.5. The highest BCUT2D eigenvalue weighted by Gasteiger charge is 2.13. The fourth-order valence-electron chi connectivity index (χ4n) is 3.74. The maximum atomic E-state index is 12.1. The van der Waals surface area contributed by atoms with Gasteiger partial charge in [0.05, 0.1) is 32.6 Å². The third kappa shape index (κ3) is 6.31. The quantitative estimate of drug-likeness (QED) is 0.401. The van der Waals surface area contributed by atoms with Crippen LogP contribution in [0.4, 0.5) is 0 Å². The number of rotatable bonds is 9. The van der Waals surface area contributed by atoms with Gasteiger partial charge in [-0.05, 0) is 47.0 Å². The molecule has 1 aliphatic rings. The number of morpholine rings is 1. The third-order valence-corrected chi connectivity index (χ3v) is 5.40. The Hall–Kier alpha value is -3.42. The molecule has 1 heterocycles. The molecule has 33 heavy (non-hydrogen) atoms. The molecule has 7 nitrogen and oxygen atoms in total. The molecule has 0 unspecified atom stereocenters. The van der Waals surface area contributed by atoms with Crippen LogP contribution in [-0.2, 0) is 16.1 Å². The first-order chi connectivity index (χ1) is 16.2. The second-order valence-electron chi connectivity index (χ2n) is 7.75. The van der Waals surface area contributed by atoms with Crippen molar-refractivity contribution in [1.82, 2.24) is 10.3 Å². The zero-order chi connectivity index (χ0) is 22.9. The number of carbonyl (C=O) groups excluding carboxylic acids is 1. The standard InChI is InChI=1S/C26H29N3O4/c1-2-32-25-16-20(17-27-28-26(30)18-29-12-14-31-15-13-29)10-11-24(25)33-19-22-8-5-7-21-6-3-4-9-23(21)22/h3-11,16-17H,2,12-15,18-19H2,1H3,(H,28,30)/b27-17-. The number of hydrogen-bond acceptors (Lipinski definition) is 6. The Morgan fingerprint density at radius 1 is 1.06 bits per heavy atom. The summed E-state index contributed by atoms with van der Waals surface area (Å²) in [6.45, 7) is 6.03. The molecule has 1 fully saturated rings. The highest BCUT2D eigenvalue weighted by atomic mass is 16.5. The predicted molar refractivity (Wildman–Crippen MR) is 129 cm³/mol. The van der Waals surface area contributed by atoms with Crippen molar-refractivity contribution in [3.63, 3.8) is 0 Å². The van der Waals surface area contributed by atoms with Crippen LogP contribution in [0.15, 0.2) is 65.8 Å². The summed E-state index contributed by atoms with van der Waals surface area (Å²) >= 11 is 0. The highest BCUT2D eigenvalue weighted by Crippen LogP contribution is 2.30. The molecule has 7 heteroatoms. The summed E-state index contributed by atoms with van der Waals surface area (Å²) in [6.07, 6.45) is 1.61. The Bertz CT molecular complexity index is 1100. The molecular formula is C26H29N3O4. The summed E-state index contributed by atoms with van der Waals surface area (Å²) in [6, 6.07) is 20.1. The first-order valence-electron chi connectivity index (χ1n) is 11.2. The summed E-state index contributed by atoms with van der Waals surface area (Å²) < 4.78 is 17.2. The van der Waals surface area contributed by atoms with Crippen molar-refractivity contribution in [3.8, 4) is 11.5 Å². The number of hydrazone groups is 1. The molecule has 0 bridgehead atoms. The number of fused-ring (bicyclic) bond motifs is 1. The molecule has 0 aromatic heterocycles. The molecule has 1 amide bonds. The molecule has 0 radical (unpaired) electrons. The number of benzene rings is 3. The van der Waals surface area contributed by atoms with Crippen molar-refractivity contribution in [2.24, 2.45) is 5.10 Å². The van der Waals surface area contributed by atoms with Gasteiger partial charge in [-0.1, -0.05) is 42.5 Å². The Morgan fingerprint density at radius 2 is 1.88 bits per heavy atom.